The second-order valence-corrected chi connectivity index (χ2v) is 5.14. The lowest BCUT2D eigenvalue weighted by Crippen LogP contribution is -2.27. The van der Waals surface area contributed by atoms with E-state index in [0.717, 1.165) is 0 Å². The predicted molar refractivity (Wildman–Crippen MR) is 76.2 cm³/mol. The topological polar surface area (TPSA) is 6.48 Å². The molecule has 0 aliphatic carbocycles. The van der Waals surface area contributed by atoms with E-state index in [-0.39, 0.29) is 0 Å². The number of fused-ring (bicyclic) bond motifs is 1. The summed E-state index contributed by atoms with van der Waals surface area (Å²) in [6.07, 6.45) is 0.324. The van der Waals surface area contributed by atoms with Gasteiger partial charge in [0.1, 0.15) is 0 Å². The second-order valence-electron chi connectivity index (χ2n) is 5.14. The van der Waals surface area contributed by atoms with Crippen molar-refractivity contribution in [3.8, 4) is 0 Å². The van der Waals surface area contributed by atoms with Crippen LogP contribution in [-0.4, -0.2) is 23.9 Å². The Labute approximate surface area is 108 Å². The normalized spacial score (nSPS) is 17.3. The van der Waals surface area contributed by atoms with Crippen LogP contribution in [0.4, 0.5) is 0 Å². The van der Waals surface area contributed by atoms with Crippen LogP contribution in [0.3, 0.4) is 0 Å². The van der Waals surface area contributed by atoms with Gasteiger partial charge in [-0.2, -0.15) is 0 Å². The van der Waals surface area contributed by atoms with E-state index in [1.165, 1.54) is 27.7 Å². The molecular weight excluding hydrogens is 220 g/mol. The van der Waals surface area contributed by atoms with Crippen LogP contribution in [0.2, 0.25) is 0 Å². The van der Waals surface area contributed by atoms with Crippen LogP contribution in [0.15, 0.2) is 47.8 Å². The summed E-state index contributed by atoms with van der Waals surface area (Å²) in [7, 11) is 4.35. The molecule has 1 aliphatic heterocycles. The maximum absolute atomic E-state index is 2.36. The maximum Gasteiger partial charge on any atom is 0.0927 e. The Bertz CT molecular complexity index is 603. The highest BCUT2D eigenvalue weighted by atomic mass is 15.4. The van der Waals surface area contributed by atoms with Crippen LogP contribution in [-0.2, 0) is 0 Å². The van der Waals surface area contributed by atoms with Gasteiger partial charge < -0.3 is 9.80 Å². The molecule has 0 atom stereocenters. The zero-order valence-electron chi connectivity index (χ0n) is 11.4. The highest BCUT2D eigenvalue weighted by molar-refractivity contribution is 5.88. The predicted octanol–water partition coefficient (Wildman–Crippen LogP) is 3.69. The first kappa shape index (κ1) is 11.3. The lowest BCUT2D eigenvalue weighted by molar-refractivity contribution is 0.194. The molecule has 18 heavy (non-hydrogen) atoms. The molecule has 2 nitrogen and oxygen atoms in total. The van der Waals surface area contributed by atoms with Crippen LogP contribution in [0.5, 0.6) is 0 Å². The average Bonchev–Trinajstić information content (AvgIpc) is 2.87. The smallest absolute Gasteiger partial charge is 0.0927 e. The fourth-order valence-corrected chi connectivity index (χ4v) is 2.95. The van der Waals surface area contributed by atoms with Crippen molar-refractivity contribution < 1.29 is 0 Å². The standard InChI is InChI=1S/C16H19N2/c1-11-12(2)18(4)16(17(11)3)15-10-9-13-7-5-6-8-14(13)15/h5-10,16H,1-4H3/q-1. The largest absolute Gasteiger partial charge is 0.359 e. The molecule has 0 spiro atoms. The Balaban J connectivity index is 2.12. The third-order valence-electron chi connectivity index (χ3n) is 4.31. The van der Waals surface area contributed by atoms with E-state index < -0.39 is 0 Å². The first-order valence-electron chi connectivity index (χ1n) is 6.38. The molecule has 3 rings (SSSR count). The van der Waals surface area contributed by atoms with E-state index in [9.17, 15) is 0 Å². The molecular formula is C16H19N2-. The zero-order valence-corrected chi connectivity index (χ0v) is 11.4. The minimum atomic E-state index is 0.324. The van der Waals surface area contributed by atoms with Gasteiger partial charge in [-0.05, 0) is 13.8 Å². The van der Waals surface area contributed by atoms with E-state index in [0.29, 0.717) is 6.17 Å². The van der Waals surface area contributed by atoms with Gasteiger partial charge in [0.25, 0.3) is 0 Å². The summed E-state index contributed by atoms with van der Waals surface area (Å²) in [5, 5.41) is 2.69. The fourth-order valence-electron chi connectivity index (χ4n) is 2.95. The number of hydrogen-bond acceptors (Lipinski definition) is 2. The molecule has 0 unspecified atom stereocenters. The minimum Gasteiger partial charge on any atom is -0.359 e. The molecule has 0 saturated heterocycles. The average molecular weight is 239 g/mol. The quantitative estimate of drug-likeness (QED) is 0.700. The van der Waals surface area contributed by atoms with Gasteiger partial charge in [0.2, 0.25) is 0 Å². The molecule has 0 fully saturated rings. The molecule has 0 bridgehead atoms. The van der Waals surface area contributed by atoms with Crippen molar-refractivity contribution in [1.82, 2.24) is 9.80 Å². The third kappa shape index (κ3) is 1.38. The molecule has 94 valence electrons. The van der Waals surface area contributed by atoms with Crippen LogP contribution >= 0.6 is 0 Å². The molecule has 2 aromatic rings. The number of allylic oxidation sites excluding steroid dienone is 2. The van der Waals surface area contributed by atoms with E-state index in [4.69, 9.17) is 0 Å². The maximum atomic E-state index is 2.36. The van der Waals surface area contributed by atoms with Crippen LogP contribution in [0, 0.1) is 0 Å². The first-order chi connectivity index (χ1) is 8.61. The molecule has 1 aliphatic rings. The van der Waals surface area contributed by atoms with Gasteiger partial charge in [-0.25, -0.2) is 0 Å². The summed E-state index contributed by atoms with van der Waals surface area (Å²) in [5.74, 6) is 0. The number of hydrogen-bond donors (Lipinski definition) is 0. The van der Waals surface area contributed by atoms with Crippen molar-refractivity contribution in [3.63, 3.8) is 0 Å². The SMILES string of the molecule is CC1=C(C)N(C)C(c2cc[c-]3ccccc23)N1C. The van der Waals surface area contributed by atoms with Crippen LogP contribution in [0.1, 0.15) is 25.6 Å². The molecule has 0 aromatic heterocycles. The van der Waals surface area contributed by atoms with Gasteiger partial charge >= 0.3 is 0 Å². The van der Waals surface area contributed by atoms with Gasteiger partial charge in [-0.15, -0.1) is 41.8 Å². The Kier molecular flexibility index (Phi) is 2.40. The van der Waals surface area contributed by atoms with Crippen molar-refractivity contribution in [2.45, 2.75) is 20.0 Å². The second kappa shape index (κ2) is 3.84. The Morgan fingerprint density at radius 2 is 1.61 bits per heavy atom. The minimum absolute atomic E-state index is 0.324. The first-order valence-corrected chi connectivity index (χ1v) is 6.38. The molecule has 0 radical (unpaired) electrons. The van der Waals surface area contributed by atoms with E-state index >= 15 is 0 Å². The van der Waals surface area contributed by atoms with Gasteiger partial charge in [-0.1, -0.05) is 10.9 Å². The van der Waals surface area contributed by atoms with E-state index in [1.54, 1.807) is 0 Å². The van der Waals surface area contributed by atoms with Gasteiger partial charge in [0.05, 0.1) is 6.17 Å². The summed E-state index contributed by atoms with van der Waals surface area (Å²) in [5.41, 5.74) is 4.10. The van der Waals surface area contributed by atoms with E-state index in [2.05, 4.69) is 74.1 Å². The lowest BCUT2D eigenvalue weighted by Gasteiger charge is -2.32. The number of rotatable bonds is 1. The van der Waals surface area contributed by atoms with Gasteiger partial charge in [0, 0.05) is 25.5 Å². The van der Waals surface area contributed by atoms with Crippen molar-refractivity contribution in [2.75, 3.05) is 14.1 Å². The number of benzene rings is 1. The Morgan fingerprint density at radius 1 is 0.944 bits per heavy atom. The van der Waals surface area contributed by atoms with E-state index in [1.807, 2.05) is 0 Å². The summed E-state index contributed by atoms with van der Waals surface area (Å²) in [6, 6.07) is 13.1. The third-order valence-corrected chi connectivity index (χ3v) is 4.31. The van der Waals surface area contributed by atoms with Gasteiger partial charge in [0.15, 0.2) is 0 Å². The van der Waals surface area contributed by atoms with Crippen molar-refractivity contribution >= 4 is 10.8 Å². The lowest BCUT2D eigenvalue weighted by atomic mass is 10.1. The summed E-state index contributed by atoms with van der Waals surface area (Å²) in [4.78, 5) is 4.72. The molecule has 1 heterocycles. The summed E-state index contributed by atoms with van der Waals surface area (Å²) in [6.45, 7) is 4.38. The van der Waals surface area contributed by atoms with Crippen LogP contribution < -0.4 is 0 Å². The van der Waals surface area contributed by atoms with Crippen molar-refractivity contribution in [2.24, 2.45) is 0 Å². The van der Waals surface area contributed by atoms with Crippen molar-refractivity contribution in [1.29, 1.82) is 0 Å². The molecule has 2 heteroatoms. The Hall–Kier alpha value is -1.83. The monoisotopic (exact) mass is 239 g/mol. The highest BCUT2D eigenvalue weighted by Crippen LogP contribution is 2.39. The fraction of sp³-hybridized carbons (Fsp3) is 0.312. The van der Waals surface area contributed by atoms with Gasteiger partial charge in [-0.3, -0.25) is 0 Å². The Morgan fingerprint density at radius 3 is 2.28 bits per heavy atom. The molecule has 2 aromatic carbocycles. The summed E-state index contributed by atoms with van der Waals surface area (Å²) >= 11 is 0. The zero-order chi connectivity index (χ0) is 12.9. The molecule has 0 N–H and O–H groups in total. The van der Waals surface area contributed by atoms with Crippen molar-refractivity contribution in [3.05, 3.63) is 53.4 Å². The van der Waals surface area contributed by atoms with Crippen LogP contribution in [0.25, 0.3) is 10.8 Å². The molecule has 0 saturated carbocycles. The summed E-state index contributed by atoms with van der Waals surface area (Å²) < 4.78 is 0. The molecule has 0 amide bonds. The highest BCUT2D eigenvalue weighted by Gasteiger charge is 2.28. The number of nitrogens with zero attached hydrogens (tertiary/aromatic N) is 2.